The molecule has 1 heterocycles. The molecule has 2 nitrogen and oxygen atoms in total. The summed E-state index contributed by atoms with van der Waals surface area (Å²) in [6.45, 7) is 2.60. The van der Waals surface area contributed by atoms with E-state index in [1.165, 1.54) is 5.56 Å². The van der Waals surface area contributed by atoms with Gasteiger partial charge in [-0.25, -0.2) is 0 Å². The third-order valence-electron chi connectivity index (χ3n) is 4.62. The minimum Gasteiger partial charge on any atom is -0.409 e. The maximum Gasteiger partial charge on any atom is 0.140 e. The summed E-state index contributed by atoms with van der Waals surface area (Å²) in [5.74, 6) is 0. The molecule has 0 spiro atoms. The van der Waals surface area contributed by atoms with Crippen LogP contribution in [0.25, 0.3) is 22.4 Å². The number of halogens is 1. The molecule has 0 radical (unpaired) electrons. The summed E-state index contributed by atoms with van der Waals surface area (Å²) in [5, 5.41) is 0.724. The van der Waals surface area contributed by atoms with Crippen LogP contribution in [0.4, 0.5) is 0 Å². The highest BCUT2D eigenvalue weighted by atomic mass is 35.5. The summed E-state index contributed by atoms with van der Waals surface area (Å²) in [4.78, 5) is 6.22. The fourth-order valence-electron chi connectivity index (χ4n) is 3.20. The van der Waals surface area contributed by atoms with Crippen molar-refractivity contribution < 1.29 is 4.84 Å². The Bertz CT molecular complexity index is 1020. The molecule has 0 bridgehead atoms. The second-order valence-electron chi connectivity index (χ2n) is 6.45. The molecule has 0 N–H and O–H groups in total. The highest BCUT2D eigenvalue weighted by molar-refractivity contribution is 6.30. The lowest BCUT2D eigenvalue weighted by Gasteiger charge is -2.14. The summed E-state index contributed by atoms with van der Waals surface area (Å²) < 4.78 is 1.93. The Labute approximate surface area is 164 Å². The Kier molecular flexibility index (Phi) is 4.99. The molecule has 0 aliphatic rings. The van der Waals surface area contributed by atoms with Crippen LogP contribution in [-0.2, 0) is 6.61 Å². The van der Waals surface area contributed by atoms with Crippen LogP contribution in [0.1, 0.15) is 11.3 Å². The maximum atomic E-state index is 6.22. The van der Waals surface area contributed by atoms with Gasteiger partial charge < -0.3 is 4.84 Å². The zero-order chi connectivity index (χ0) is 18.6. The molecule has 0 fully saturated rings. The molecule has 1 aromatic heterocycles. The number of aromatic nitrogens is 1. The Balaban J connectivity index is 1.77. The molecule has 3 heteroatoms. The van der Waals surface area contributed by atoms with Crippen molar-refractivity contribution in [3.05, 3.63) is 107 Å². The molecule has 0 atom stereocenters. The van der Waals surface area contributed by atoms with E-state index in [-0.39, 0.29) is 0 Å². The first-order valence-electron chi connectivity index (χ1n) is 8.93. The fourth-order valence-corrected chi connectivity index (χ4v) is 3.33. The predicted octanol–water partition coefficient (Wildman–Crippen LogP) is 6.41. The van der Waals surface area contributed by atoms with Gasteiger partial charge in [-0.1, -0.05) is 84.4 Å². The van der Waals surface area contributed by atoms with E-state index in [9.17, 15) is 0 Å². The second-order valence-corrected chi connectivity index (χ2v) is 6.89. The van der Waals surface area contributed by atoms with Crippen molar-refractivity contribution in [1.82, 2.24) is 4.73 Å². The van der Waals surface area contributed by atoms with E-state index in [0.29, 0.717) is 6.61 Å². The van der Waals surface area contributed by atoms with Gasteiger partial charge in [0.15, 0.2) is 0 Å². The van der Waals surface area contributed by atoms with Crippen molar-refractivity contribution in [1.29, 1.82) is 0 Å². The minimum absolute atomic E-state index is 0.505. The maximum absolute atomic E-state index is 6.22. The molecular weight excluding hydrogens is 354 g/mol. The highest BCUT2D eigenvalue weighted by Gasteiger charge is 2.16. The molecule has 0 aliphatic heterocycles. The van der Waals surface area contributed by atoms with Gasteiger partial charge in [-0.3, -0.25) is 0 Å². The van der Waals surface area contributed by atoms with E-state index in [1.54, 1.807) is 0 Å². The summed E-state index contributed by atoms with van der Waals surface area (Å²) in [5.41, 5.74) is 6.62. The van der Waals surface area contributed by atoms with Crippen molar-refractivity contribution in [2.45, 2.75) is 13.5 Å². The summed E-state index contributed by atoms with van der Waals surface area (Å²) >= 11 is 6.07. The third-order valence-corrected chi connectivity index (χ3v) is 4.87. The molecule has 0 saturated carbocycles. The molecule has 0 saturated heterocycles. The zero-order valence-corrected chi connectivity index (χ0v) is 15.9. The van der Waals surface area contributed by atoms with Gasteiger partial charge in [-0.05, 0) is 36.2 Å². The average molecular weight is 374 g/mol. The smallest absolute Gasteiger partial charge is 0.140 e. The van der Waals surface area contributed by atoms with Gasteiger partial charge in [0.1, 0.15) is 6.61 Å². The van der Waals surface area contributed by atoms with Crippen LogP contribution in [0, 0.1) is 6.92 Å². The second kappa shape index (κ2) is 7.73. The Hall–Kier alpha value is -2.97. The summed E-state index contributed by atoms with van der Waals surface area (Å²) in [6, 6.07) is 30.6. The van der Waals surface area contributed by atoms with Gasteiger partial charge >= 0.3 is 0 Å². The summed E-state index contributed by atoms with van der Waals surface area (Å²) in [6.07, 6.45) is 0. The van der Waals surface area contributed by atoms with E-state index in [1.807, 2.05) is 53.3 Å². The van der Waals surface area contributed by atoms with Crippen LogP contribution < -0.4 is 4.84 Å². The van der Waals surface area contributed by atoms with Gasteiger partial charge in [0.25, 0.3) is 0 Å². The van der Waals surface area contributed by atoms with Crippen molar-refractivity contribution in [3.63, 3.8) is 0 Å². The van der Waals surface area contributed by atoms with Crippen molar-refractivity contribution in [2.24, 2.45) is 0 Å². The molecular formula is C24H20ClNO. The van der Waals surface area contributed by atoms with Crippen LogP contribution in [0.3, 0.4) is 0 Å². The van der Waals surface area contributed by atoms with Crippen LogP contribution in [0.15, 0.2) is 91.0 Å². The standard InChI is InChI=1S/C24H20ClNO/c1-18-23(20-10-6-3-7-11-20)16-24(21-12-14-22(25)15-13-21)26(18)27-17-19-8-4-2-5-9-19/h2-16H,17H2,1H3. The van der Waals surface area contributed by atoms with E-state index in [4.69, 9.17) is 16.4 Å². The lowest BCUT2D eigenvalue weighted by molar-refractivity contribution is 0.0975. The summed E-state index contributed by atoms with van der Waals surface area (Å²) in [7, 11) is 0. The zero-order valence-electron chi connectivity index (χ0n) is 15.1. The molecule has 4 rings (SSSR count). The average Bonchev–Trinajstić information content (AvgIpc) is 3.05. The third kappa shape index (κ3) is 3.76. The number of nitrogens with zero attached hydrogens (tertiary/aromatic N) is 1. The van der Waals surface area contributed by atoms with Crippen molar-refractivity contribution in [3.8, 4) is 22.4 Å². The number of hydrogen-bond acceptors (Lipinski definition) is 1. The molecule has 4 aromatic rings. The van der Waals surface area contributed by atoms with Crippen molar-refractivity contribution >= 4 is 11.6 Å². The quantitative estimate of drug-likeness (QED) is 0.394. The van der Waals surface area contributed by atoms with Crippen LogP contribution in [0.5, 0.6) is 0 Å². The molecule has 134 valence electrons. The first kappa shape index (κ1) is 17.4. The first-order chi connectivity index (χ1) is 13.2. The van der Waals surface area contributed by atoms with E-state index < -0.39 is 0 Å². The lowest BCUT2D eigenvalue weighted by atomic mass is 10.1. The van der Waals surface area contributed by atoms with Crippen LogP contribution in [-0.4, -0.2) is 4.73 Å². The van der Waals surface area contributed by atoms with Gasteiger partial charge in [0, 0.05) is 16.1 Å². The Morgan fingerprint density at radius 2 is 1.41 bits per heavy atom. The van der Waals surface area contributed by atoms with Crippen LogP contribution in [0.2, 0.25) is 5.02 Å². The minimum atomic E-state index is 0.505. The highest BCUT2D eigenvalue weighted by Crippen LogP contribution is 2.32. The van der Waals surface area contributed by atoms with Gasteiger partial charge in [-0.15, -0.1) is 0 Å². The van der Waals surface area contributed by atoms with E-state index in [2.05, 4.69) is 49.4 Å². The van der Waals surface area contributed by atoms with Crippen molar-refractivity contribution in [2.75, 3.05) is 0 Å². The van der Waals surface area contributed by atoms with Gasteiger partial charge in [0.2, 0.25) is 0 Å². The lowest BCUT2D eigenvalue weighted by Crippen LogP contribution is -2.14. The van der Waals surface area contributed by atoms with Gasteiger partial charge in [-0.2, -0.15) is 4.73 Å². The monoisotopic (exact) mass is 373 g/mol. The van der Waals surface area contributed by atoms with Crippen LogP contribution >= 0.6 is 11.6 Å². The number of rotatable bonds is 5. The SMILES string of the molecule is Cc1c(-c2ccccc2)cc(-c2ccc(Cl)cc2)n1OCc1ccccc1. The van der Waals surface area contributed by atoms with Gasteiger partial charge in [0.05, 0.1) is 11.4 Å². The molecule has 0 aliphatic carbocycles. The molecule has 3 aromatic carbocycles. The normalized spacial score (nSPS) is 10.7. The first-order valence-corrected chi connectivity index (χ1v) is 9.31. The number of benzene rings is 3. The molecule has 0 unspecified atom stereocenters. The Morgan fingerprint density at radius 1 is 0.778 bits per heavy atom. The Morgan fingerprint density at radius 3 is 2.07 bits per heavy atom. The molecule has 27 heavy (non-hydrogen) atoms. The van der Waals surface area contributed by atoms with E-state index in [0.717, 1.165) is 33.1 Å². The van der Waals surface area contributed by atoms with E-state index >= 15 is 0 Å². The largest absolute Gasteiger partial charge is 0.409 e. The fraction of sp³-hybridized carbons (Fsp3) is 0.0833. The number of hydrogen-bond donors (Lipinski definition) is 0. The predicted molar refractivity (Wildman–Crippen MR) is 112 cm³/mol. The topological polar surface area (TPSA) is 14.2 Å². The molecule has 0 amide bonds.